The van der Waals surface area contributed by atoms with Gasteiger partial charge in [0.25, 0.3) is 5.56 Å². The number of hydrogen-bond acceptors (Lipinski definition) is 4. The zero-order valence-electron chi connectivity index (χ0n) is 16.7. The van der Waals surface area contributed by atoms with Crippen molar-refractivity contribution in [1.29, 1.82) is 0 Å². The number of hydrogen-bond donors (Lipinski definition) is 1. The van der Waals surface area contributed by atoms with Gasteiger partial charge in [0, 0.05) is 24.8 Å². The fourth-order valence-corrected chi connectivity index (χ4v) is 4.72. The third-order valence-electron chi connectivity index (χ3n) is 5.84. The van der Waals surface area contributed by atoms with Crippen LogP contribution in [0.2, 0.25) is 0 Å². The van der Waals surface area contributed by atoms with Crippen LogP contribution in [0.25, 0.3) is 32.9 Å². The summed E-state index contributed by atoms with van der Waals surface area (Å²) in [6.45, 7) is 6.31. The summed E-state index contributed by atoms with van der Waals surface area (Å²) in [6, 6.07) is 16.3. The predicted molar refractivity (Wildman–Crippen MR) is 118 cm³/mol. The van der Waals surface area contributed by atoms with Crippen molar-refractivity contribution in [1.82, 2.24) is 15.0 Å². The number of aromatic amines is 1. The van der Waals surface area contributed by atoms with Crippen LogP contribution in [0.1, 0.15) is 20.3 Å². The summed E-state index contributed by atoms with van der Waals surface area (Å²) in [6.07, 6.45) is 2.95. The molecule has 2 atom stereocenters. The third kappa shape index (κ3) is 3.16. The van der Waals surface area contributed by atoms with Gasteiger partial charge in [-0.15, -0.1) is 0 Å². The molecule has 1 aliphatic rings. The van der Waals surface area contributed by atoms with Crippen LogP contribution in [-0.4, -0.2) is 28.0 Å². The Morgan fingerprint density at radius 2 is 1.72 bits per heavy atom. The Bertz CT molecular complexity index is 1250. The van der Waals surface area contributed by atoms with E-state index in [1.54, 1.807) is 6.20 Å². The first-order valence-corrected chi connectivity index (χ1v) is 10.2. The van der Waals surface area contributed by atoms with Crippen molar-refractivity contribution < 1.29 is 0 Å². The third-order valence-corrected chi connectivity index (χ3v) is 5.84. The minimum Gasteiger partial charge on any atom is -0.342 e. The molecule has 4 aromatic rings. The first-order valence-electron chi connectivity index (χ1n) is 10.2. The molecule has 0 spiro atoms. The average molecular weight is 384 g/mol. The van der Waals surface area contributed by atoms with E-state index in [9.17, 15) is 4.79 Å². The van der Waals surface area contributed by atoms with E-state index in [1.165, 1.54) is 6.42 Å². The number of benzene rings is 2. The number of H-pyrrole nitrogens is 1. The quantitative estimate of drug-likeness (QED) is 0.548. The van der Waals surface area contributed by atoms with Crippen molar-refractivity contribution in [2.75, 3.05) is 18.0 Å². The minimum atomic E-state index is -0.132. The lowest BCUT2D eigenvalue weighted by Crippen LogP contribution is -2.40. The number of piperidine rings is 1. The highest BCUT2D eigenvalue weighted by molar-refractivity contribution is 6.03. The highest BCUT2D eigenvalue weighted by Gasteiger charge is 2.24. The molecule has 0 radical (unpaired) electrons. The van der Waals surface area contributed by atoms with E-state index in [0.717, 1.165) is 35.0 Å². The van der Waals surface area contributed by atoms with Gasteiger partial charge in [-0.2, -0.15) is 4.98 Å². The van der Waals surface area contributed by atoms with Crippen molar-refractivity contribution >= 4 is 27.8 Å². The molecule has 0 saturated carbocycles. The van der Waals surface area contributed by atoms with Gasteiger partial charge in [-0.25, -0.2) is 4.98 Å². The van der Waals surface area contributed by atoms with E-state index in [4.69, 9.17) is 4.98 Å². The van der Waals surface area contributed by atoms with Crippen molar-refractivity contribution in [2.24, 2.45) is 11.8 Å². The van der Waals surface area contributed by atoms with Crippen LogP contribution in [0, 0.1) is 11.8 Å². The highest BCUT2D eigenvalue weighted by Crippen LogP contribution is 2.32. The Balaban J connectivity index is 1.68. The zero-order chi connectivity index (χ0) is 20.0. The average Bonchev–Trinajstić information content (AvgIpc) is 2.72. The summed E-state index contributed by atoms with van der Waals surface area (Å²) in [4.78, 5) is 27.6. The maximum Gasteiger partial charge on any atom is 0.262 e. The van der Waals surface area contributed by atoms with Crippen LogP contribution in [-0.2, 0) is 0 Å². The highest BCUT2D eigenvalue weighted by atomic mass is 16.1. The Labute approximate surface area is 169 Å². The van der Waals surface area contributed by atoms with E-state index in [0.29, 0.717) is 28.8 Å². The van der Waals surface area contributed by atoms with Gasteiger partial charge < -0.3 is 4.90 Å². The van der Waals surface area contributed by atoms with E-state index in [2.05, 4.69) is 53.0 Å². The van der Waals surface area contributed by atoms with Gasteiger partial charge >= 0.3 is 0 Å². The molecule has 29 heavy (non-hydrogen) atoms. The standard InChI is InChI=1S/C24H24N4O/c1-15-12-16(2)14-28(13-15)24-26-22-21(23(29)27-24)20(10-11-25-22)19-9-5-7-17-6-3-4-8-18(17)19/h3-11,15-16H,12-14H2,1-2H3,(H,25,26,27,29). The Morgan fingerprint density at radius 1 is 0.966 bits per heavy atom. The molecule has 5 nitrogen and oxygen atoms in total. The van der Waals surface area contributed by atoms with Crippen LogP contribution in [0.5, 0.6) is 0 Å². The van der Waals surface area contributed by atoms with Gasteiger partial charge in [-0.1, -0.05) is 56.3 Å². The normalized spacial score (nSPS) is 19.7. The molecule has 2 aromatic heterocycles. The molecular formula is C24H24N4O. The molecule has 1 aliphatic heterocycles. The van der Waals surface area contributed by atoms with Gasteiger partial charge in [0.15, 0.2) is 5.65 Å². The lowest BCUT2D eigenvalue weighted by molar-refractivity contribution is 0.353. The topological polar surface area (TPSA) is 61.9 Å². The van der Waals surface area contributed by atoms with Crippen molar-refractivity contribution in [3.8, 4) is 11.1 Å². The van der Waals surface area contributed by atoms with Crippen LogP contribution in [0.3, 0.4) is 0 Å². The monoisotopic (exact) mass is 384 g/mol. The summed E-state index contributed by atoms with van der Waals surface area (Å²) < 4.78 is 0. The molecule has 146 valence electrons. The molecule has 0 aliphatic carbocycles. The predicted octanol–water partition coefficient (Wildman–Crippen LogP) is 4.62. The Kier molecular flexibility index (Phi) is 4.31. The number of anilines is 1. The summed E-state index contributed by atoms with van der Waals surface area (Å²) >= 11 is 0. The maximum absolute atomic E-state index is 13.2. The van der Waals surface area contributed by atoms with Crippen LogP contribution in [0.15, 0.2) is 59.5 Å². The van der Waals surface area contributed by atoms with Crippen molar-refractivity contribution in [2.45, 2.75) is 20.3 Å². The number of aromatic nitrogens is 3. The first kappa shape index (κ1) is 17.9. The molecule has 0 amide bonds. The van der Waals surface area contributed by atoms with Crippen LogP contribution < -0.4 is 10.5 Å². The lowest BCUT2D eigenvalue weighted by Gasteiger charge is -2.35. The van der Waals surface area contributed by atoms with Gasteiger partial charge in [-0.3, -0.25) is 9.78 Å². The van der Waals surface area contributed by atoms with E-state index >= 15 is 0 Å². The number of rotatable bonds is 2. The van der Waals surface area contributed by atoms with Gasteiger partial charge in [0.1, 0.15) is 0 Å². The fourth-order valence-electron chi connectivity index (χ4n) is 4.72. The second-order valence-corrected chi connectivity index (χ2v) is 8.32. The lowest BCUT2D eigenvalue weighted by atomic mass is 9.92. The van der Waals surface area contributed by atoms with Crippen LogP contribution in [0.4, 0.5) is 5.95 Å². The van der Waals surface area contributed by atoms with Gasteiger partial charge in [0.05, 0.1) is 5.39 Å². The Morgan fingerprint density at radius 3 is 2.55 bits per heavy atom. The summed E-state index contributed by atoms with van der Waals surface area (Å²) in [7, 11) is 0. The van der Waals surface area contributed by atoms with Gasteiger partial charge in [0.2, 0.25) is 5.95 Å². The van der Waals surface area contributed by atoms with Crippen molar-refractivity contribution in [3.63, 3.8) is 0 Å². The fraction of sp³-hybridized carbons (Fsp3) is 0.292. The zero-order valence-corrected chi connectivity index (χ0v) is 16.7. The molecule has 2 unspecified atom stereocenters. The van der Waals surface area contributed by atoms with E-state index < -0.39 is 0 Å². The molecule has 1 fully saturated rings. The largest absolute Gasteiger partial charge is 0.342 e. The summed E-state index contributed by atoms with van der Waals surface area (Å²) in [5.41, 5.74) is 2.26. The molecule has 0 bridgehead atoms. The Hall–Kier alpha value is -3.21. The number of pyridine rings is 1. The minimum absolute atomic E-state index is 0.132. The summed E-state index contributed by atoms with van der Waals surface area (Å²) in [5.74, 6) is 1.79. The van der Waals surface area contributed by atoms with Gasteiger partial charge in [-0.05, 0) is 40.7 Å². The molecule has 5 heteroatoms. The molecule has 1 saturated heterocycles. The van der Waals surface area contributed by atoms with E-state index in [1.807, 2.05) is 24.3 Å². The molecule has 5 rings (SSSR count). The first-order chi connectivity index (χ1) is 14.1. The molecule has 2 aromatic carbocycles. The number of nitrogens with zero attached hydrogens (tertiary/aromatic N) is 3. The van der Waals surface area contributed by atoms with Crippen LogP contribution >= 0.6 is 0 Å². The molecular weight excluding hydrogens is 360 g/mol. The van der Waals surface area contributed by atoms with Crippen molar-refractivity contribution in [3.05, 3.63) is 65.1 Å². The summed E-state index contributed by atoms with van der Waals surface area (Å²) in [5, 5.41) is 2.81. The SMILES string of the molecule is CC1CC(C)CN(c2nc3nccc(-c4cccc5ccccc45)c3c(=O)[nH]2)C1. The second-order valence-electron chi connectivity index (χ2n) is 8.32. The number of fused-ring (bicyclic) bond motifs is 2. The number of nitrogens with one attached hydrogen (secondary N) is 1. The molecule has 3 heterocycles. The maximum atomic E-state index is 13.2. The molecule has 1 N–H and O–H groups in total. The van der Waals surface area contributed by atoms with E-state index in [-0.39, 0.29) is 5.56 Å². The smallest absolute Gasteiger partial charge is 0.262 e. The second kappa shape index (κ2) is 6.99.